The van der Waals surface area contributed by atoms with Gasteiger partial charge in [-0.2, -0.15) is 4.31 Å². The zero-order chi connectivity index (χ0) is 24.0. The van der Waals surface area contributed by atoms with Gasteiger partial charge in [0.15, 0.2) is 0 Å². The first kappa shape index (κ1) is 25.0. The topological polar surface area (TPSA) is 79.4 Å². The Balaban J connectivity index is 1.22. The average molecular weight is 508 g/mol. The van der Waals surface area contributed by atoms with Crippen LogP contribution in [0.25, 0.3) is 0 Å². The molecule has 2 aliphatic rings. The number of amides is 1. The SMILES string of the molecule is CCOC(=O)N1CCN(Cc2ccc(OC[C@@H]3CCCN(S(=O)(=O)c4cccs4)C3)cc2)CC1. The van der Waals surface area contributed by atoms with Crippen LogP contribution in [-0.4, -0.2) is 81.1 Å². The Kier molecular flexibility index (Phi) is 8.46. The maximum absolute atomic E-state index is 12.8. The van der Waals surface area contributed by atoms with Gasteiger partial charge in [0.25, 0.3) is 10.0 Å². The van der Waals surface area contributed by atoms with Crippen LogP contribution in [-0.2, 0) is 21.3 Å². The minimum absolute atomic E-state index is 0.179. The number of thiophene rings is 1. The minimum Gasteiger partial charge on any atom is -0.493 e. The standard InChI is InChI=1S/C24H33N3O5S2/c1-2-31-24(28)26-14-12-25(13-15-26)17-20-7-9-22(10-8-20)32-19-21-5-3-11-27(18-21)34(29,30)23-6-4-16-33-23/h4,6-10,16,21H,2-3,5,11-15,17-19H2,1H3/t21-/m1/s1. The molecule has 34 heavy (non-hydrogen) atoms. The van der Waals surface area contributed by atoms with Crippen LogP contribution in [0.4, 0.5) is 4.79 Å². The van der Waals surface area contributed by atoms with Crippen molar-refractivity contribution in [2.24, 2.45) is 5.92 Å². The minimum atomic E-state index is -3.40. The number of ether oxygens (including phenoxy) is 2. The summed E-state index contributed by atoms with van der Waals surface area (Å²) in [6, 6.07) is 11.5. The molecule has 2 saturated heterocycles. The van der Waals surface area contributed by atoms with Crippen molar-refractivity contribution in [2.75, 3.05) is 52.5 Å². The number of piperazine rings is 1. The molecule has 2 aliphatic heterocycles. The fraction of sp³-hybridized carbons (Fsp3) is 0.542. The fourth-order valence-electron chi connectivity index (χ4n) is 4.39. The summed E-state index contributed by atoms with van der Waals surface area (Å²) in [6.45, 7) is 7.63. The van der Waals surface area contributed by atoms with Crippen molar-refractivity contribution in [2.45, 2.75) is 30.5 Å². The predicted molar refractivity (Wildman–Crippen MR) is 132 cm³/mol. The number of hydrogen-bond acceptors (Lipinski definition) is 7. The molecule has 186 valence electrons. The Hall–Kier alpha value is -2.14. The van der Waals surface area contributed by atoms with Crippen molar-refractivity contribution in [3.8, 4) is 5.75 Å². The lowest BCUT2D eigenvalue weighted by Crippen LogP contribution is -2.48. The van der Waals surface area contributed by atoms with Crippen molar-refractivity contribution >= 4 is 27.5 Å². The van der Waals surface area contributed by atoms with Crippen LogP contribution in [0, 0.1) is 5.92 Å². The van der Waals surface area contributed by atoms with E-state index in [1.54, 1.807) is 26.7 Å². The average Bonchev–Trinajstić information content (AvgIpc) is 3.41. The number of carbonyl (C=O) groups excluding carboxylic acids is 1. The lowest BCUT2D eigenvalue weighted by Gasteiger charge is -2.34. The van der Waals surface area contributed by atoms with E-state index in [2.05, 4.69) is 17.0 Å². The first-order valence-electron chi connectivity index (χ1n) is 11.8. The Morgan fingerprint density at radius 1 is 1.09 bits per heavy atom. The van der Waals surface area contributed by atoms with E-state index in [0.717, 1.165) is 38.2 Å². The zero-order valence-corrected chi connectivity index (χ0v) is 21.2. The van der Waals surface area contributed by atoms with Gasteiger partial charge in [-0.3, -0.25) is 4.90 Å². The van der Waals surface area contributed by atoms with E-state index in [4.69, 9.17) is 9.47 Å². The van der Waals surface area contributed by atoms with Gasteiger partial charge in [-0.05, 0) is 48.9 Å². The van der Waals surface area contributed by atoms with Crippen molar-refractivity contribution in [1.29, 1.82) is 0 Å². The summed E-state index contributed by atoms with van der Waals surface area (Å²) < 4.78 is 38.7. The highest BCUT2D eigenvalue weighted by molar-refractivity contribution is 7.91. The van der Waals surface area contributed by atoms with Gasteiger partial charge in [0.2, 0.25) is 0 Å². The number of rotatable bonds is 8. The summed E-state index contributed by atoms with van der Waals surface area (Å²) in [5.74, 6) is 0.980. The molecule has 0 spiro atoms. The number of nitrogens with zero attached hydrogens (tertiary/aromatic N) is 3. The summed E-state index contributed by atoms with van der Waals surface area (Å²) in [5.41, 5.74) is 1.20. The van der Waals surface area contributed by atoms with E-state index in [-0.39, 0.29) is 12.0 Å². The second-order valence-electron chi connectivity index (χ2n) is 8.72. The molecule has 2 fully saturated rings. The van der Waals surface area contributed by atoms with Crippen molar-refractivity contribution in [3.63, 3.8) is 0 Å². The van der Waals surface area contributed by atoms with Gasteiger partial charge in [0.05, 0.1) is 13.2 Å². The molecule has 2 aromatic rings. The van der Waals surface area contributed by atoms with E-state index < -0.39 is 10.0 Å². The van der Waals surface area contributed by atoms with Gasteiger partial charge < -0.3 is 14.4 Å². The summed E-state index contributed by atoms with van der Waals surface area (Å²) in [7, 11) is -3.40. The molecule has 0 bridgehead atoms. The number of piperidine rings is 1. The van der Waals surface area contributed by atoms with Gasteiger partial charge >= 0.3 is 6.09 Å². The molecule has 0 aliphatic carbocycles. The first-order chi connectivity index (χ1) is 16.5. The summed E-state index contributed by atoms with van der Waals surface area (Å²) in [6.07, 6.45) is 1.58. The van der Waals surface area contributed by atoms with Crippen LogP contribution >= 0.6 is 11.3 Å². The highest BCUT2D eigenvalue weighted by Gasteiger charge is 2.31. The van der Waals surface area contributed by atoms with E-state index in [0.29, 0.717) is 43.6 Å². The molecule has 3 heterocycles. The predicted octanol–water partition coefficient (Wildman–Crippen LogP) is 3.50. The summed E-state index contributed by atoms with van der Waals surface area (Å²) in [4.78, 5) is 15.9. The van der Waals surface area contributed by atoms with Crippen molar-refractivity contribution in [1.82, 2.24) is 14.1 Å². The first-order valence-corrected chi connectivity index (χ1v) is 14.2. The molecular formula is C24H33N3O5S2. The molecule has 4 rings (SSSR count). The Morgan fingerprint density at radius 2 is 1.85 bits per heavy atom. The van der Waals surface area contributed by atoms with Gasteiger partial charge in [-0.25, -0.2) is 13.2 Å². The number of hydrogen-bond donors (Lipinski definition) is 0. The van der Waals surface area contributed by atoms with E-state index in [1.807, 2.05) is 19.1 Å². The lowest BCUT2D eigenvalue weighted by molar-refractivity contribution is 0.0778. The molecule has 0 radical (unpaired) electrons. The maximum atomic E-state index is 12.8. The third kappa shape index (κ3) is 6.29. The van der Waals surface area contributed by atoms with Crippen LogP contribution in [0.3, 0.4) is 0 Å². The molecule has 1 aromatic carbocycles. The Bertz CT molecular complexity index is 1020. The normalized spacial score (nSPS) is 20.3. The molecule has 0 unspecified atom stereocenters. The van der Waals surface area contributed by atoms with Crippen LogP contribution in [0.1, 0.15) is 25.3 Å². The monoisotopic (exact) mass is 507 g/mol. The van der Waals surface area contributed by atoms with Crippen LogP contribution in [0.2, 0.25) is 0 Å². The lowest BCUT2D eigenvalue weighted by atomic mass is 10.0. The second-order valence-corrected chi connectivity index (χ2v) is 11.8. The molecule has 0 N–H and O–H groups in total. The maximum Gasteiger partial charge on any atom is 0.409 e. The number of benzene rings is 1. The molecule has 1 amide bonds. The highest BCUT2D eigenvalue weighted by atomic mass is 32.2. The van der Waals surface area contributed by atoms with Crippen molar-refractivity contribution in [3.05, 3.63) is 47.3 Å². The zero-order valence-electron chi connectivity index (χ0n) is 19.6. The van der Waals surface area contributed by atoms with Crippen LogP contribution < -0.4 is 4.74 Å². The quantitative estimate of drug-likeness (QED) is 0.544. The summed E-state index contributed by atoms with van der Waals surface area (Å²) >= 11 is 1.26. The Morgan fingerprint density at radius 3 is 2.53 bits per heavy atom. The van der Waals surface area contributed by atoms with Crippen molar-refractivity contribution < 1.29 is 22.7 Å². The van der Waals surface area contributed by atoms with E-state index in [9.17, 15) is 13.2 Å². The van der Waals surface area contributed by atoms with Gasteiger partial charge in [0.1, 0.15) is 9.96 Å². The third-order valence-electron chi connectivity index (χ3n) is 6.28. The number of sulfonamides is 1. The van der Waals surface area contributed by atoms with E-state index >= 15 is 0 Å². The number of carbonyl (C=O) groups is 1. The highest BCUT2D eigenvalue weighted by Crippen LogP contribution is 2.27. The smallest absolute Gasteiger partial charge is 0.409 e. The molecule has 8 nitrogen and oxygen atoms in total. The largest absolute Gasteiger partial charge is 0.493 e. The summed E-state index contributed by atoms with van der Waals surface area (Å²) in [5, 5.41) is 1.80. The Labute approximate surface area is 206 Å². The fourth-order valence-corrected chi connectivity index (χ4v) is 7.08. The van der Waals surface area contributed by atoms with Gasteiger partial charge in [-0.1, -0.05) is 18.2 Å². The molecule has 10 heteroatoms. The molecular weight excluding hydrogens is 474 g/mol. The van der Waals surface area contributed by atoms with Crippen LogP contribution in [0.15, 0.2) is 46.0 Å². The third-order valence-corrected chi connectivity index (χ3v) is 9.52. The van der Waals surface area contributed by atoms with E-state index in [1.165, 1.54) is 16.9 Å². The second kappa shape index (κ2) is 11.5. The molecule has 1 aromatic heterocycles. The van der Waals surface area contributed by atoms with Crippen LogP contribution in [0.5, 0.6) is 5.75 Å². The molecule has 1 atom stereocenters. The van der Waals surface area contributed by atoms with Gasteiger partial charge in [0, 0.05) is 51.7 Å². The van der Waals surface area contributed by atoms with Gasteiger partial charge in [-0.15, -0.1) is 11.3 Å². The molecule has 0 saturated carbocycles.